The van der Waals surface area contributed by atoms with Crippen LogP contribution in [-0.2, 0) is 9.59 Å². The Kier molecular flexibility index (Phi) is 27.6. The van der Waals surface area contributed by atoms with Gasteiger partial charge in [-0.2, -0.15) is 0 Å². The fourth-order valence-corrected chi connectivity index (χ4v) is 1.76. The quantitative estimate of drug-likeness (QED) is 0.124. The summed E-state index contributed by atoms with van der Waals surface area (Å²) in [7, 11) is 0. The largest absolute Gasteiger partial charge is 0.480 e. The van der Waals surface area contributed by atoms with Crippen molar-refractivity contribution in [1.82, 2.24) is 0 Å². The highest BCUT2D eigenvalue weighted by Crippen LogP contribution is 2.09. The van der Waals surface area contributed by atoms with Gasteiger partial charge in [-0.25, -0.2) is 0 Å². The smallest absolute Gasteiger partial charge is 0.323 e. The topological polar surface area (TPSA) is 203 Å². The van der Waals surface area contributed by atoms with E-state index in [1.54, 1.807) is 13.8 Å². The summed E-state index contributed by atoms with van der Waals surface area (Å²) in [6.45, 7) is 7.49. The number of carboxylic acids is 2. The van der Waals surface area contributed by atoms with Crippen molar-refractivity contribution in [1.29, 1.82) is 0 Å². The van der Waals surface area contributed by atoms with Gasteiger partial charge in [0.25, 0.3) is 0 Å². The van der Waals surface area contributed by atoms with Gasteiger partial charge in [0.2, 0.25) is 0 Å². The third-order valence-corrected chi connectivity index (χ3v) is 3.86. The van der Waals surface area contributed by atoms with Crippen LogP contribution in [0.2, 0.25) is 0 Å². The summed E-state index contributed by atoms with van der Waals surface area (Å²) < 4.78 is 0. The van der Waals surface area contributed by atoms with Gasteiger partial charge in [0, 0.05) is 0 Å². The van der Waals surface area contributed by atoms with E-state index < -0.39 is 23.0 Å². The number of aliphatic carboxylic acids is 2. The number of carboxylic acid groups (broad SMARTS) is 2. The van der Waals surface area contributed by atoms with Crippen molar-refractivity contribution in [2.75, 3.05) is 13.1 Å². The van der Waals surface area contributed by atoms with Crippen LogP contribution in [0, 0.1) is 0 Å². The Morgan fingerprint density at radius 2 is 1.00 bits per heavy atom. The molecule has 0 saturated carbocycles. The molecule has 0 saturated heterocycles. The predicted octanol–water partition coefficient (Wildman–Crippen LogP) is 2.27. The lowest BCUT2D eigenvalue weighted by molar-refractivity contribution is -0.143. The SMILES string of the molecule is CC(N)=NC/C=C\CC[C@](C)(N)C(=O)O.CC(N)=NC/C=C\CC[C@](C)(N)C(=O)O.Cl.Cl.Cl. The highest BCUT2D eigenvalue weighted by Gasteiger charge is 2.26. The molecule has 0 fully saturated rings. The number of aliphatic imine (C=N–C) groups is 2. The summed E-state index contributed by atoms with van der Waals surface area (Å²) >= 11 is 0. The molecule has 0 aliphatic carbocycles. The number of hydrogen-bond acceptors (Lipinski definition) is 6. The van der Waals surface area contributed by atoms with Gasteiger partial charge in [-0.3, -0.25) is 19.6 Å². The molecule has 10 nitrogen and oxygen atoms in total. The summed E-state index contributed by atoms with van der Waals surface area (Å²) in [5.74, 6) is -0.888. The van der Waals surface area contributed by atoms with Crippen LogP contribution in [0.15, 0.2) is 34.3 Å². The first-order chi connectivity index (χ1) is 13.7. The van der Waals surface area contributed by atoms with E-state index in [1.165, 1.54) is 13.8 Å². The lowest BCUT2D eigenvalue weighted by Gasteiger charge is -2.17. The normalized spacial score (nSPS) is 15.1. The molecule has 0 bridgehead atoms. The Balaban J connectivity index is -0.000000145. The van der Waals surface area contributed by atoms with E-state index in [-0.39, 0.29) is 37.2 Å². The minimum Gasteiger partial charge on any atom is -0.480 e. The highest BCUT2D eigenvalue weighted by molar-refractivity contribution is 5.86. The van der Waals surface area contributed by atoms with Crippen LogP contribution in [0.4, 0.5) is 0 Å². The summed E-state index contributed by atoms with van der Waals surface area (Å²) in [6.07, 6.45) is 9.47. The first-order valence-electron chi connectivity index (χ1n) is 9.60. The fraction of sp³-hybridized carbons (Fsp3) is 0.600. The third-order valence-electron chi connectivity index (χ3n) is 3.86. The molecule has 0 heterocycles. The molecule has 0 rings (SSSR count). The van der Waals surface area contributed by atoms with Gasteiger partial charge in [-0.15, -0.1) is 37.2 Å². The molecule has 33 heavy (non-hydrogen) atoms. The van der Waals surface area contributed by atoms with Gasteiger partial charge in [0.05, 0.1) is 24.8 Å². The first kappa shape index (κ1) is 41.4. The molecule has 0 aromatic heterocycles. The molecule has 2 atom stereocenters. The van der Waals surface area contributed by atoms with Crippen molar-refractivity contribution in [3.05, 3.63) is 24.3 Å². The molecule has 196 valence electrons. The van der Waals surface area contributed by atoms with Gasteiger partial charge in [-0.05, 0) is 53.4 Å². The lowest BCUT2D eigenvalue weighted by atomic mass is 9.97. The molecule has 10 N–H and O–H groups in total. The summed E-state index contributed by atoms with van der Waals surface area (Å²) in [5.41, 5.74) is 19.4. The summed E-state index contributed by atoms with van der Waals surface area (Å²) in [4.78, 5) is 29.2. The molecule has 13 heteroatoms. The Hall–Kier alpha value is -1.85. The molecule has 0 amide bonds. The van der Waals surface area contributed by atoms with Crippen LogP contribution in [0.5, 0.6) is 0 Å². The maximum Gasteiger partial charge on any atom is 0.323 e. The van der Waals surface area contributed by atoms with Gasteiger partial charge in [0.1, 0.15) is 11.1 Å². The number of rotatable bonds is 12. The molecule has 0 aliphatic rings. The van der Waals surface area contributed by atoms with Crippen molar-refractivity contribution in [3.63, 3.8) is 0 Å². The number of nitrogens with zero attached hydrogens (tertiary/aromatic N) is 2. The van der Waals surface area contributed by atoms with Crippen LogP contribution in [0.1, 0.15) is 53.4 Å². The van der Waals surface area contributed by atoms with Crippen molar-refractivity contribution in [2.45, 2.75) is 64.5 Å². The standard InChI is InChI=1S/2C10H19N3O2.3ClH/c2*1-8(11)13-7-5-3-4-6-10(2,12)9(14)15;;;/h2*3,5H,4,6-7,12H2,1-2H3,(H2,11,13)(H,14,15);3*1H/b2*5-3-;;;/t2*10-;;;/m00.../s1. The molecule has 0 spiro atoms. The van der Waals surface area contributed by atoms with Crippen molar-refractivity contribution >= 4 is 60.8 Å². The average Bonchev–Trinajstić information content (AvgIpc) is 2.60. The predicted molar refractivity (Wildman–Crippen MR) is 143 cm³/mol. The number of carbonyl (C=O) groups is 2. The van der Waals surface area contributed by atoms with Gasteiger partial charge >= 0.3 is 11.9 Å². The summed E-state index contributed by atoms with van der Waals surface area (Å²) in [5, 5.41) is 17.5. The van der Waals surface area contributed by atoms with Crippen LogP contribution < -0.4 is 22.9 Å². The monoisotopic (exact) mass is 534 g/mol. The van der Waals surface area contributed by atoms with Crippen LogP contribution in [-0.4, -0.2) is 58.0 Å². The van der Waals surface area contributed by atoms with Crippen molar-refractivity contribution in [3.8, 4) is 0 Å². The number of allylic oxidation sites excluding steroid dienone is 2. The second-order valence-corrected chi connectivity index (χ2v) is 7.43. The van der Waals surface area contributed by atoms with E-state index in [2.05, 4.69) is 9.98 Å². The zero-order chi connectivity index (χ0) is 23.8. The molecule has 0 unspecified atom stereocenters. The van der Waals surface area contributed by atoms with Crippen molar-refractivity contribution < 1.29 is 19.8 Å². The molecule has 0 radical (unpaired) electrons. The van der Waals surface area contributed by atoms with Crippen LogP contribution in [0.3, 0.4) is 0 Å². The van der Waals surface area contributed by atoms with E-state index >= 15 is 0 Å². The average molecular weight is 536 g/mol. The van der Waals surface area contributed by atoms with E-state index in [9.17, 15) is 9.59 Å². The molecule has 0 aliphatic heterocycles. The maximum absolute atomic E-state index is 10.6. The molecular weight excluding hydrogens is 495 g/mol. The second kappa shape index (κ2) is 22.0. The highest BCUT2D eigenvalue weighted by atomic mass is 35.5. The van der Waals surface area contributed by atoms with E-state index in [1.807, 2.05) is 24.3 Å². The molecular formula is C20H41Cl3N6O4. The fourth-order valence-electron chi connectivity index (χ4n) is 1.76. The number of nitrogens with two attached hydrogens (primary N) is 4. The van der Waals surface area contributed by atoms with Gasteiger partial charge < -0.3 is 33.1 Å². The lowest BCUT2D eigenvalue weighted by Crippen LogP contribution is -2.44. The zero-order valence-electron chi connectivity index (χ0n) is 19.7. The minimum absolute atomic E-state index is 0. The summed E-state index contributed by atoms with van der Waals surface area (Å²) in [6, 6.07) is 0. The van der Waals surface area contributed by atoms with Gasteiger partial charge in [-0.1, -0.05) is 24.3 Å². The van der Waals surface area contributed by atoms with E-state index in [4.69, 9.17) is 33.1 Å². The van der Waals surface area contributed by atoms with Crippen molar-refractivity contribution in [2.24, 2.45) is 32.9 Å². The first-order valence-corrected chi connectivity index (χ1v) is 9.60. The zero-order valence-corrected chi connectivity index (χ0v) is 22.1. The minimum atomic E-state index is -1.16. The van der Waals surface area contributed by atoms with Crippen LogP contribution in [0.25, 0.3) is 0 Å². The molecule has 0 aromatic carbocycles. The Labute approximate surface area is 215 Å². The second-order valence-electron chi connectivity index (χ2n) is 7.43. The number of hydrogen-bond donors (Lipinski definition) is 6. The van der Waals surface area contributed by atoms with E-state index in [0.29, 0.717) is 50.4 Å². The number of amidine groups is 2. The van der Waals surface area contributed by atoms with E-state index in [0.717, 1.165) is 0 Å². The van der Waals surface area contributed by atoms with Crippen LogP contribution >= 0.6 is 37.2 Å². The third kappa shape index (κ3) is 26.3. The Bertz CT molecular complexity index is 602. The Morgan fingerprint density at radius 3 is 1.21 bits per heavy atom. The molecule has 0 aromatic rings. The Morgan fingerprint density at radius 1 is 0.727 bits per heavy atom. The van der Waals surface area contributed by atoms with Gasteiger partial charge in [0.15, 0.2) is 0 Å². The number of halogens is 3. The maximum atomic E-state index is 10.6.